The highest BCUT2D eigenvalue weighted by Crippen LogP contribution is 2.37. The Hall–Kier alpha value is -2.30. The van der Waals surface area contributed by atoms with Crippen LogP contribution in [0.15, 0.2) is 49.6 Å². The summed E-state index contributed by atoms with van der Waals surface area (Å²) < 4.78 is 12.0. The summed E-state index contributed by atoms with van der Waals surface area (Å²) in [7, 11) is 0. The van der Waals surface area contributed by atoms with Gasteiger partial charge in [0.2, 0.25) is 0 Å². The first-order valence-electron chi connectivity index (χ1n) is 7.50. The van der Waals surface area contributed by atoms with E-state index in [1.807, 2.05) is 62.4 Å². The molecule has 0 aliphatic rings. The SMILES string of the molecule is C=Cc1ccc(Oc2cc(C)c(Oc3ccc(C=C)s3)cc2C)s1. The van der Waals surface area contributed by atoms with Gasteiger partial charge in [0.25, 0.3) is 0 Å². The molecule has 4 heteroatoms. The number of benzene rings is 1. The first-order chi connectivity index (χ1) is 11.6. The van der Waals surface area contributed by atoms with Crippen LogP contribution in [0, 0.1) is 13.8 Å². The molecule has 1 aromatic carbocycles. The van der Waals surface area contributed by atoms with E-state index in [4.69, 9.17) is 9.47 Å². The Balaban J connectivity index is 1.82. The zero-order chi connectivity index (χ0) is 17.1. The lowest BCUT2D eigenvalue weighted by Gasteiger charge is -2.12. The van der Waals surface area contributed by atoms with Crippen molar-refractivity contribution in [2.24, 2.45) is 0 Å². The molecule has 0 aliphatic carbocycles. The molecular weight excluding hydrogens is 336 g/mol. The number of ether oxygens (including phenoxy) is 2. The van der Waals surface area contributed by atoms with Gasteiger partial charge in [0.1, 0.15) is 11.5 Å². The van der Waals surface area contributed by atoms with E-state index in [9.17, 15) is 0 Å². The van der Waals surface area contributed by atoms with Crippen LogP contribution in [0.5, 0.6) is 21.6 Å². The Morgan fingerprint density at radius 2 is 1.17 bits per heavy atom. The standard InChI is InChI=1S/C20H18O2S2/c1-5-15-7-9-19(23-15)21-17-11-14(4)18(12-13(17)3)22-20-10-8-16(6-2)24-20/h5-12H,1-2H2,3-4H3. The van der Waals surface area contributed by atoms with E-state index in [1.165, 1.54) is 0 Å². The summed E-state index contributed by atoms with van der Waals surface area (Å²) in [6.07, 6.45) is 3.65. The third kappa shape index (κ3) is 3.61. The fourth-order valence-electron chi connectivity index (χ4n) is 2.20. The summed E-state index contributed by atoms with van der Waals surface area (Å²) in [6, 6.07) is 12.0. The Bertz CT molecular complexity index is 813. The molecule has 24 heavy (non-hydrogen) atoms. The van der Waals surface area contributed by atoms with Gasteiger partial charge in [0.15, 0.2) is 10.1 Å². The van der Waals surface area contributed by atoms with Gasteiger partial charge in [-0.1, -0.05) is 48.0 Å². The lowest BCUT2D eigenvalue weighted by molar-refractivity contribution is 0.476. The van der Waals surface area contributed by atoms with Gasteiger partial charge in [-0.05, 0) is 61.4 Å². The van der Waals surface area contributed by atoms with E-state index >= 15 is 0 Å². The van der Waals surface area contributed by atoms with Crippen LogP contribution in [0.4, 0.5) is 0 Å². The van der Waals surface area contributed by atoms with Crippen LogP contribution in [0.2, 0.25) is 0 Å². The molecule has 0 amide bonds. The minimum absolute atomic E-state index is 0.843. The van der Waals surface area contributed by atoms with Crippen molar-refractivity contribution in [3.8, 4) is 21.6 Å². The van der Waals surface area contributed by atoms with Gasteiger partial charge >= 0.3 is 0 Å². The quantitative estimate of drug-likeness (QED) is 0.462. The normalized spacial score (nSPS) is 10.4. The largest absolute Gasteiger partial charge is 0.446 e. The molecule has 0 saturated carbocycles. The van der Waals surface area contributed by atoms with Crippen molar-refractivity contribution < 1.29 is 9.47 Å². The molecule has 0 saturated heterocycles. The first-order valence-corrected chi connectivity index (χ1v) is 9.14. The minimum Gasteiger partial charge on any atom is -0.446 e. The Morgan fingerprint density at radius 1 is 0.750 bits per heavy atom. The van der Waals surface area contributed by atoms with Crippen LogP contribution < -0.4 is 9.47 Å². The van der Waals surface area contributed by atoms with Gasteiger partial charge in [-0.25, -0.2) is 0 Å². The maximum absolute atomic E-state index is 6.00. The Morgan fingerprint density at radius 3 is 1.50 bits per heavy atom. The second-order valence-corrected chi connectivity index (χ2v) is 7.46. The molecule has 0 spiro atoms. The summed E-state index contributed by atoms with van der Waals surface area (Å²) in [5, 5.41) is 1.71. The molecule has 0 atom stereocenters. The van der Waals surface area contributed by atoms with Gasteiger partial charge in [0, 0.05) is 9.75 Å². The van der Waals surface area contributed by atoms with E-state index in [-0.39, 0.29) is 0 Å². The van der Waals surface area contributed by atoms with Gasteiger partial charge in [-0.2, -0.15) is 0 Å². The van der Waals surface area contributed by atoms with Crippen molar-refractivity contribution in [1.82, 2.24) is 0 Å². The maximum atomic E-state index is 6.00. The number of hydrogen-bond acceptors (Lipinski definition) is 4. The van der Waals surface area contributed by atoms with Gasteiger partial charge in [-0.3, -0.25) is 0 Å². The van der Waals surface area contributed by atoms with Crippen molar-refractivity contribution >= 4 is 34.8 Å². The van der Waals surface area contributed by atoms with Crippen LogP contribution in [0.25, 0.3) is 12.2 Å². The molecular formula is C20H18O2S2. The van der Waals surface area contributed by atoms with Crippen LogP contribution in [-0.2, 0) is 0 Å². The third-order valence-corrected chi connectivity index (χ3v) is 5.42. The molecule has 2 nitrogen and oxygen atoms in total. The van der Waals surface area contributed by atoms with Crippen LogP contribution >= 0.6 is 22.7 Å². The van der Waals surface area contributed by atoms with Crippen molar-refractivity contribution in [2.45, 2.75) is 13.8 Å². The van der Waals surface area contributed by atoms with Crippen molar-refractivity contribution in [1.29, 1.82) is 0 Å². The van der Waals surface area contributed by atoms with E-state index in [1.54, 1.807) is 22.7 Å². The number of rotatable bonds is 6. The zero-order valence-corrected chi connectivity index (χ0v) is 15.3. The van der Waals surface area contributed by atoms with Crippen molar-refractivity contribution in [2.75, 3.05) is 0 Å². The molecule has 3 rings (SSSR count). The second-order valence-electron chi connectivity index (χ2n) is 5.31. The van der Waals surface area contributed by atoms with Gasteiger partial charge in [0.05, 0.1) is 0 Å². The van der Waals surface area contributed by atoms with Crippen LogP contribution in [0.1, 0.15) is 20.9 Å². The van der Waals surface area contributed by atoms with Gasteiger partial charge in [-0.15, -0.1) is 0 Å². The van der Waals surface area contributed by atoms with Crippen LogP contribution in [-0.4, -0.2) is 0 Å². The summed E-state index contributed by atoms with van der Waals surface area (Å²) in [4.78, 5) is 2.19. The lowest BCUT2D eigenvalue weighted by atomic mass is 10.1. The number of aryl methyl sites for hydroxylation is 2. The minimum atomic E-state index is 0.843. The highest BCUT2D eigenvalue weighted by Gasteiger charge is 2.10. The molecule has 0 radical (unpaired) electrons. The highest BCUT2D eigenvalue weighted by molar-refractivity contribution is 7.15. The highest BCUT2D eigenvalue weighted by atomic mass is 32.1. The van der Waals surface area contributed by atoms with E-state index in [0.29, 0.717) is 0 Å². The lowest BCUT2D eigenvalue weighted by Crippen LogP contribution is -1.91. The topological polar surface area (TPSA) is 18.5 Å². The summed E-state index contributed by atoms with van der Waals surface area (Å²) in [5.74, 6) is 1.69. The molecule has 2 heterocycles. The number of thiophene rings is 2. The molecule has 3 aromatic rings. The summed E-state index contributed by atoms with van der Waals surface area (Å²) >= 11 is 3.15. The second kappa shape index (κ2) is 7.07. The summed E-state index contributed by atoms with van der Waals surface area (Å²) in [5.41, 5.74) is 2.06. The molecule has 122 valence electrons. The molecule has 0 aliphatic heterocycles. The van der Waals surface area contributed by atoms with Crippen LogP contribution in [0.3, 0.4) is 0 Å². The molecule has 0 fully saturated rings. The fraction of sp³-hybridized carbons (Fsp3) is 0.100. The fourth-order valence-corrected chi connectivity index (χ4v) is 3.64. The van der Waals surface area contributed by atoms with Crippen molar-refractivity contribution in [3.63, 3.8) is 0 Å². The third-order valence-electron chi connectivity index (χ3n) is 3.50. The average molecular weight is 354 g/mol. The van der Waals surface area contributed by atoms with E-state index < -0.39 is 0 Å². The predicted octanol–water partition coefficient (Wildman–Crippen LogP) is 7.30. The molecule has 0 unspecified atom stereocenters. The van der Waals surface area contributed by atoms with Crippen molar-refractivity contribution in [3.05, 3.63) is 70.4 Å². The van der Waals surface area contributed by atoms with Gasteiger partial charge < -0.3 is 9.47 Å². The molecule has 0 bridgehead atoms. The monoisotopic (exact) mass is 354 g/mol. The maximum Gasteiger partial charge on any atom is 0.181 e. The Labute approximate surface area is 150 Å². The smallest absolute Gasteiger partial charge is 0.181 e. The van der Waals surface area contributed by atoms with E-state index in [0.717, 1.165) is 42.5 Å². The Kier molecular flexibility index (Phi) is 4.88. The predicted molar refractivity (Wildman–Crippen MR) is 105 cm³/mol. The first kappa shape index (κ1) is 16.6. The molecule has 0 N–H and O–H groups in total. The zero-order valence-electron chi connectivity index (χ0n) is 13.7. The molecule has 2 aromatic heterocycles. The number of hydrogen-bond donors (Lipinski definition) is 0. The van der Waals surface area contributed by atoms with E-state index in [2.05, 4.69) is 13.2 Å². The average Bonchev–Trinajstić information content (AvgIpc) is 3.21. The summed E-state index contributed by atoms with van der Waals surface area (Å²) in [6.45, 7) is 11.6.